The molecular formula is C20H26N4O5. The van der Waals surface area contributed by atoms with Crippen molar-refractivity contribution in [3.8, 4) is 23.0 Å². The first-order chi connectivity index (χ1) is 14.0. The minimum absolute atomic E-state index is 0.0238. The van der Waals surface area contributed by atoms with Gasteiger partial charge in [0, 0.05) is 11.6 Å². The van der Waals surface area contributed by atoms with Gasteiger partial charge in [-0.3, -0.25) is 15.6 Å². The normalized spacial score (nSPS) is 20.9. The Bertz CT molecular complexity index is 847. The zero-order valence-electron chi connectivity index (χ0n) is 16.3. The first kappa shape index (κ1) is 20.7. The third-order valence-electron chi connectivity index (χ3n) is 4.57. The molecular weight excluding hydrogens is 376 g/mol. The second-order valence-corrected chi connectivity index (χ2v) is 6.59. The van der Waals surface area contributed by atoms with Crippen LogP contribution in [0.1, 0.15) is 25.5 Å². The molecule has 0 aromatic heterocycles. The van der Waals surface area contributed by atoms with Gasteiger partial charge in [-0.15, -0.1) is 0 Å². The lowest BCUT2D eigenvalue weighted by Crippen LogP contribution is -2.34. The van der Waals surface area contributed by atoms with Crippen LogP contribution in [0.3, 0.4) is 0 Å². The fraction of sp³-hybridized carbons (Fsp3) is 0.350. The zero-order valence-corrected chi connectivity index (χ0v) is 16.3. The van der Waals surface area contributed by atoms with Crippen molar-refractivity contribution >= 4 is 5.91 Å². The first-order valence-electron chi connectivity index (χ1n) is 9.38. The number of amides is 1. The molecule has 2 aromatic rings. The summed E-state index contributed by atoms with van der Waals surface area (Å²) < 4.78 is 17.2. The van der Waals surface area contributed by atoms with Crippen LogP contribution in [0.15, 0.2) is 42.5 Å². The third kappa shape index (κ3) is 4.89. The van der Waals surface area contributed by atoms with Crippen LogP contribution in [0, 0.1) is 0 Å². The van der Waals surface area contributed by atoms with E-state index in [4.69, 9.17) is 20.1 Å². The Morgan fingerprint density at radius 1 is 1.17 bits per heavy atom. The number of benzene rings is 2. The minimum Gasteiger partial charge on any atom is -0.507 e. The number of phenols is 1. The van der Waals surface area contributed by atoms with Gasteiger partial charge in [0.15, 0.2) is 18.1 Å². The van der Waals surface area contributed by atoms with Gasteiger partial charge in [0.2, 0.25) is 0 Å². The molecule has 1 aliphatic rings. The van der Waals surface area contributed by atoms with E-state index in [0.717, 1.165) is 0 Å². The van der Waals surface area contributed by atoms with Crippen molar-refractivity contribution in [2.45, 2.75) is 32.0 Å². The molecule has 29 heavy (non-hydrogen) atoms. The summed E-state index contributed by atoms with van der Waals surface area (Å²) in [7, 11) is 0. The van der Waals surface area contributed by atoms with Crippen LogP contribution in [0.4, 0.5) is 0 Å². The van der Waals surface area contributed by atoms with E-state index in [1.54, 1.807) is 12.1 Å². The highest BCUT2D eigenvalue weighted by Crippen LogP contribution is 2.36. The highest BCUT2D eigenvalue weighted by Gasteiger charge is 2.38. The number of ether oxygens (including phenoxy) is 3. The molecule has 0 saturated carbocycles. The third-order valence-corrected chi connectivity index (χ3v) is 4.57. The number of phenolic OH excluding ortho intramolecular Hbond substituents is 1. The van der Waals surface area contributed by atoms with Gasteiger partial charge < -0.3 is 19.3 Å². The number of carbonyl (C=O) groups excluding carboxylic acids is 1. The van der Waals surface area contributed by atoms with E-state index >= 15 is 0 Å². The van der Waals surface area contributed by atoms with Crippen LogP contribution in [0.25, 0.3) is 0 Å². The van der Waals surface area contributed by atoms with Gasteiger partial charge in [-0.25, -0.2) is 11.3 Å². The lowest BCUT2D eigenvalue weighted by molar-refractivity contribution is -0.123. The summed E-state index contributed by atoms with van der Waals surface area (Å²) in [6.07, 6.45) is -0.308. The summed E-state index contributed by atoms with van der Waals surface area (Å²) in [5, 5.41) is 10.5. The Balaban J connectivity index is 1.78. The number of hydrogen-bond acceptors (Lipinski definition) is 8. The van der Waals surface area contributed by atoms with Gasteiger partial charge in [-0.05, 0) is 38.1 Å². The molecule has 9 heteroatoms. The first-order valence-corrected chi connectivity index (χ1v) is 9.38. The van der Waals surface area contributed by atoms with Crippen molar-refractivity contribution in [2.75, 3.05) is 13.2 Å². The van der Waals surface area contributed by atoms with Crippen molar-refractivity contribution < 1.29 is 24.1 Å². The average Bonchev–Trinajstić information content (AvgIpc) is 3.08. The van der Waals surface area contributed by atoms with E-state index in [9.17, 15) is 9.90 Å². The summed E-state index contributed by atoms with van der Waals surface area (Å²) in [5.41, 5.74) is 8.94. The fourth-order valence-electron chi connectivity index (χ4n) is 3.13. The van der Waals surface area contributed by atoms with Gasteiger partial charge in [0.1, 0.15) is 17.6 Å². The number of aromatic hydroxyl groups is 1. The molecule has 1 fully saturated rings. The molecule has 2 aromatic carbocycles. The monoisotopic (exact) mass is 402 g/mol. The second-order valence-electron chi connectivity index (χ2n) is 6.59. The predicted octanol–water partition coefficient (Wildman–Crippen LogP) is 1.14. The minimum atomic E-state index is -0.467. The van der Waals surface area contributed by atoms with Crippen molar-refractivity contribution in [2.24, 2.45) is 5.84 Å². The van der Waals surface area contributed by atoms with Gasteiger partial charge in [-0.2, -0.15) is 0 Å². The van der Waals surface area contributed by atoms with Crippen LogP contribution in [-0.2, 0) is 4.79 Å². The Morgan fingerprint density at radius 3 is 2.62 bits per heavy atom. The Labute approximate surface area is 169 Å². The lowest BCUT2D eigenvalue weighted by Gasteiger charge is -2.24. The summed E-state index contributed by atoms with van der Waals surface area (Å²) in [6, 6.07) is 12.0. The van der Waals surface area contributed by atoms with Gasteiger partial charge in [-0.1, -0.05) is 12.1 Å². The zero-order chi connectivity index (χ0) is 20.8. The number of carbonyl (C=O) groups is 1. The Morgan fingerprint density at radius 2 is 1.93 bits per heavy atom. The van der Waals surface area contributed by atoms with E-state index in [-0.39, 0.29) is 30.5 Å². The van der Waals surface area contributed by atoms with Gasteiger partial charge in [0.05, 0.1) is 18.7 Å². The number of hydrazine groups is 2. The molecule has 3 atom stereocenters. The summed E-state index contributed by atoms with van der Waals surface area (Å²) in [5.74, 6) is 6.24. The molecule has 3 unspecified atom stereocenters. The molecule has 1 amide bonds. The fourth-order valence-corrected chi connectivity index (χ4v) is 3.13. The van der Waals surface area contributed by atoms with Crippen LogP contribution in [0.2, 0.25) is 0 Å². The standard InChI is InChI=1S/C20H26N4O5/c1-3-27-16-6-4-5-7-17(16)29-20-12(2)23-24-19(20)14-9-8-13(10-15(14)25)28-11-18(26)22-21/h4-10,12,19-20,23-25H,3,11,21H2,1-2H3,(H,22,26). The topological polar surface area (TPSA) is 127 Å². The van der Waals surface area contributed by atoms with Crippen molar-refractivity contribution in [3.05, 3.63) is 48.0 Å². The van der Waals surface area contributed by atoms with Gasteiger partial charge in [0.25, 0.3) is 5.91 Å². The Kier molecular flexibility index (Phi) is 6.76. The maximum Gasteiger partial charge on any atom is 0.271 e. The molecule has 0 radical (unpaired) electrons. The number of hydrogen-bond donors (Lipinski definition) is 5. The summed E-state index contributed by atoms with van der Waals surface area (Å²) >= 11 is 0. The van der Waals surface area contributed by atoms with E-state index < -0.39 is 5.91 Å². The molecule has 156 valence electrons. The number of nitrogens with two attached hydrogens (primary N) is 1. The Hall–Kier alpha value is -3.01. The van der Waals surface area contributed by atoms with Crippen molar-refractivity contribution in [1.29, 1.82) is 0 Å². The largest absolute Gasteiger partial charge is 0.507 e. The SMILES string of the molecule is CCOc1ccccc1OC1C(C)NNC1c1ccc(OCC(=O)NN)cc1O. The number of nitrogens with one attached hydrogen (secondary N) is 3. The molecule has 9 nitrogen and oxygen atoms in total. The molecule has 0 bridgehead atoms. The molecule has 6 N–H and O–H groups in total. The summed E-state index contributed by atoms with van der Waals surface area (Å²) in [6.45, 7) is 4.20. The summed E-state index contributed by atoms with van der Waals surface area (Å²) in [4.78, 5) is 11.2. The quantitative estimate of drug-likeness (QED) is 0.253. The molecule has 3 rings (SSSR count). The van der Waals surface area contributed by atoms with Crippen LogP contribution >= 0.6 is 0 Å². The predicted molar refractivity (Wildman–Crippen MR) is 106 cm³/mol. The maximum atomic E-state index is 11.2. The van der Waals surface area contributed by atoms with E-state index in [1.165, 1.54) is 6.07 Å². The van der Waals surface area contributed by atoms with E-state index in [2.05, 4.69) is 10.9 Å². The van der Waals surface area contributed by atoms with E-state index in [0.29, 0.717) is 29.4 Å². The van der Waals surface area contributed by atoms with Crippen LogP contribution in [-0.4, -0.2) is 36.4 Å². The highest BCUT2D eigenvalue weighted by atomic mass is 16.5. The van der Waals surface area contributed by atoms with Gasteiger partial charge >= 0.3 is 0 Å². The molecule has 1 heterocycles. The van der Waals surface area contributed by atoms with Crippen molar-refractivity contribution in [3.63, 3.8) is 0 Å². The molecule has 0 spiro atoms. The second kappa shape index (κ2) is 9.46. The lowest BCUT2D eigenvalue weighted by atomic mass is 9.98. The van der Waals surface area contributed by atoms with Crippen LogP contribution in [0.5, 0.6) is 23.0 Å². The smallest absolute Gasteiger partial charge is 0.271 e. The molecule has 1 saturated heterocycles. The van der Waals surface area contributed by atoms with Crippen molar-refractivity contribution in [1.82, 2.24) is 16.3 Å². The van der Waals surface area contributed by atoms with Crippen LogP contribution < -0.4 is 36.3 Å². The molecule has 1 aliphatic heterocycles. The number of rotatable bonds is 8. The average molecular weight is 402 g/mol. The molecule has 0 aliphatic carbocycles. The van der Waals surface area contributed by atoms with E-state index in [1.807, 2.05) is 43.5 Å². The maximum absolute atomic E-state index is 11.2. The number of para-hydroxylation sites is 2. The highest BCUT2D eigenvalue weighted by molar-refractivity contribution is 5.76.